The largest absolute Gasteiger partial charge is 0.354 e. The summed E-state index contributed by atoms with van der Waals surface area (Å²) in [6.45, 7) is 6.24. The number of hydrogen-bond donors (Lipinski definition) is 1. The Morgan fingerprint density at radius 2 is 1.81 bits per heavy atom. The van der Waals surface area contributed by atoms with E-state index in [1.807, 2.05) is 69.3 Å². The first-order valence-corrected chi connectivity index (χ1v) is 10.3. The van der Waals surface area contributed by atoms with Crippen LogP contribution in [0.2, 0.25) is 0 Å². The number of carbonyl (C=O) groups is 1. The van der Waals surface area contributed by atoms with E-state index in [0.29, 0.717) is 23.1 Å². The summed E-state index contributed by atoms with van der Waals surface area (Å²) in [6.07, 6.45) is 2.38. The average molecular weight is 415 g/mol. The Morgan fingerprint density at radius 3 is 2.55 bits per heavy atom. The van der Waals surface area contributed by atoms with E-state index in [2.05, 4.69) is 15.5 Å². The second-order valence-corrected chi connectivity index (χ2v) is 7.72. The number of fused-ring (bicyclic) bond motifs is 1. The molecule has 0 saturated carbocycles. The average Bonchev–Trinajstić information content (AvgIpc) is 3.20. The van der Waals surface area contributed by atoms with Crippen LogP contribution < -0.4 is 10.9 Å². The van der Waals surface area contributed by atoms with Crippen LogP contribution in [-0.4, -0.2) is 32.0 Å². The lowest BCUT2D eigenvalue weighted by molar-refractivity contribution is -0.121. The molecule has 31 heavy (non-hydrogen) atoms. The van der Waals surface area contributed by atoms with Crippen molar-refractivity contribution in [3.63, 3.8) is 0 Å². The molecule has 158 valence electrons. The summed E-state index contributed by atoms with van der Waals surface area (Å²) in [4.78, 5) is 25.6. The second kappa shape index (κ2) is 8.55. The van der Waals surface area contributed by atoms with Gasteiger partial charge in [0, 0.05) is 11.9 Å². The molecule has 7 heteroatoms. The van der Waals surface area contributed by atoms with Gasteiger partial charge in [0.15, 0.2) is 0 Å². The zero-order valence-corrected chi connectivity index (χ0v) is 17.9. The van der Waals surface area contributed by atoms with Gasteiger partial charge in [-0.15, -0.1) is 0 Å². The van der Waals surface area contributed by atoms with E-state index >= 15 is 0 Å². The van der Waals surface area contributed by atoms with E-state index in [9.17, 15) is 9.59 Å². The van der Waals surface area contributed by atoms with Crippen molar-refractivity contribution in [2.24, 2.45) is 0 Å². The van der Waals surface area contributed by atoms with Gasteiger partial charge in [-0.05, 0) is 56.0 Å². The van der Waals surface area contributed by atoms with Crippen LogP contribution in [0.5, 0.6) is 0 Å². The summed E-state index contributed by atoms with van der Waals surface area (Å²) in [5.74, 6) is -0.249. The third-order valence-corrected chi connectivity index (χ3v) is 5.47. The van der Waals surface area contributed by atoms with Gasteiger partial charge in [-0.1, -0.05) is 36.4 Å². The molecule has 0 unspecified atom stereocenters. The number of hydrogen-bond acceptors (Lipinski definition) is 4. The number of benzene rings is 2. The minimum atomic E-state index is -0.338. The van der Waals surface area contributed by atoms with E-state index in [-0.39, 0.29) is 18.0 Å². The highest BCUT2D eigenvalue weighted by atomic mass is 16.2. The SMILES string of the molecule is Cc1ccc(-n2ncc3c(C)nn(CC(=O)NCCc4ccccc4)c(=O)c32)cc1C. The summed E-state index contributed by atoms with van der Waals surface area (Å²) in [7, 11) is 0. The van der Waals surface area contributed by atoms with Gasteiger partial charge in [-0.25, -0.2) is 9.36 Å². The van der Waals surface area contributed by atoms with Gasteiger partial charge < -0.3 is 5.32 Å². The summed E-state index contributed by atoms with van der Waals surface area (Å²) in [5.41, 5.74) is 4.98. The van der Waals surface area contributed by atoms with E-state index in [1.165, 1.54) is 10.2 Å². The number of nitrogens with zero attached hydrogens (tertiary/aromatic N) is 4. The molecule has 0 spiro atoms. The zero-order valence-electron chi connectivity index (χ0n) is 17.9. The molecule has 4 rings (SSSR count). The Balaban J connectivity index is 1.58. The highest BCUT2D eigenvalue weighted by Crippen LogP contribution is 2.19. The summed E-state index contributed by atoms with van der Waals surface area (Å²) >= 11 is 0. The Kier molecular flexibility index (Phi) is 5.66. The molecule has 0 fully saturated rings. The van der Waals surface area contributed by atoms with Crippen LogP contribution in [0.3, 0.4) is 0 Å². The fraction of sp³-hybridized carbons (Fsp3) is 0.250. The topological polar surface area (TPSA) is 81.8 Å². The van der Waals surface area contributed by atoms with E-state index in [0.717, 1.165) is 23.2 Å². The molecule has 2 heterocycles. The lowest BCUT2D eigenvalue weighted by Crippen LogP contribution is -2.35. The minimum Gasteiger partial charge on any atom is -0.354 e. The lowest BCUT2D eigenvalue weighted by Gasteiger charge is -2.10. The predicted octanol–water partition coefficient (Wildman–Crippen LogP) is 2.87. The standard InChI is InChI=1S/C24H25N5O2/c1-16-9-10-20(13-17(16)2)29-23-21(14-26-29)18(3)27-28(24(23)31)15-22(30)25-12-11-19-7-5-4-6-8-19/h4-10,13-14H,11-12,15H2,1-3H3,(H,25,30). The van der Waals surface area contributed by atoms with Crippen molar-refractivity contribution in [1.29, 1.82) is 0 Å². The van der Waals surface area contributed by atoms with Crippen LogP contribution >= 0.6 is 0 Å². The highest BCUT2D eigenvalue weighted by molar-refractivity contribution is 5.82. The highest BCUT2D eigenvalue weighted by Gasteiger charge is 2.16. The van der Waals surface area contributed by atoms with Gasteiger partial charge in [0.2, 0.25) is 5.91 Å². The van der Waals surface area contributed by atoms with Crippen molar-refractivity contribution in [3.05, 3.63) is 87.5 Å². The quantitative estimate of drug-likeness (QED) is 0.525. The monoisotopic (exact) mass is 415 g/mol. The van der Waals surface area contributed by atoms with Gasteiger partial charge in [-0.2, -0.15) is 10.2 Å². The van der Waals surface area contributed by atoms with Crippen LogP contribution in [0, 0.1) is 20.8 Å². The molecule has 2 aromatic heterocycles. The van der Waals surface area contributed by atoms with Crippen molar-refractivity contribution in [2.75, 3.05) is 6.54 Å². The normalized spacial score (nSPS) is 11.1. The molecule has 4 aromatic rings. The fourth-order valence-electron chi connectivity index (χ4n) is 3.56. The molecule has 1 N–H and O–H groups in total. The smallest absolute Gasteiger partial charge is 0.293 e. The van der Waals surface area contributed by atoms with Crippen molar-refractivity contribution >= 4 is 16.8 Å². The van der Waals surface area contributed by atoms with Gasteiger partial charge in [0.05, 0.1) is 17.6 Å². The molecule has 0 bridgehead atoms. The molecule has 0 aliphatic carbocycles. The van der Waals surface area contributed by atoms with Crippen molar-refractivity contribution in [3.8, 4) is 5.69 Å². The van der Waals surface area contributed by atoms with Crippen molar-refractivity contribution in [1.82, 2.24) is 24.9 Å². The van der Waals surface area contributed by atoms with E-state index in [4.69, 9.17) is 0 Å². The third kappa shape index (κ3) is 4.26. The zero-order chi connectivity index (χ0) is 22.0. The van der Waals surface area contributed by atoms with Crippen molar-refractivity contribution < 1.29 is 4.79 Å². The molecule has 2 aromatic carbocycles. The Morgan fingerprint density at radius 1 is 1.03 bits per heavy atom. The number of aryl methyl sites for hydroxylation is 3. The maximum Gasteiger partial charge on any atom is 0.293 e. The first kappa shape index (κ1) is 20.5. The summed E-state index contributed by atoms with van der Waals surface area (Å²) in [6, 6.07) is 15.9. The second-order valence-electron chi connectivity index (χ2n) is 7.72. The predicted molar refractivity (Wildman–Crippen MR) is 120 cm³/mol. The van der Waals surface area contributed by atoms with E-state index in [1.54, 1.807) is 10.9 Å². The van der Waals surface area contributed by atoms with Crippen LogP contribution in [0.25, 0.3) is 16.6 Å². The Bertz CT molecular complexity index is 1310. The van der Waals surface area contributed by atoms with Crippen LogP contribution in [0.15, 0.2) is 59.5 Å². The molecule has 0 saturated heterocycles. The molecular weight excluding hydrogens is 390 g/mol. The number of nitrogens with one attached hydrogen (secondary N) is 1. The minimum absolute atomic E-state index is 0.136. The number of carbonyl (C=O) groups excluding carboxylic acids is 1. The first-order valence-electron chi connectivity index (χ1n) is 10.3. The molecule has 0 atom stereocenters. The van der Waals surface area contributed by atoms with Gasteiger partial charge in [0.25, 0.3) is 5.56 Å². The maximum absolute atomic E-state index is 13.2. The summed E-state index contributed by atoms with van der Waals surface area (Å²) in [5, 5.41) is 12.3. The molecule has 0 aliphatic heterocycles. The van der Waals surface area contributed by atoms with Gasteiger partial charge >= 0.3 is 0 Å². The first-order chi connectivity index (χ1) is 14.9. The molecule has 0 radical (unpaired) electrons. The third-order valence-electron chi connectivity index (χ3n) is 5.47. The molecular formula is C24H25N5O2. The van der Waals surface area contributed by atoms with Crippen LogP contribution in [0.4, 0.5) is 0 Å². The number of rotatable bonds is 6. The van der Waals surface area contributed by atoms with Gasteiger partial charge in [0.1, 0.15) is 12.1 Å². The molecule has 1 amide bonds. The van der Waals surface area contributed by atoms with Crippen LogP contribution in [0.1, 0.15) is 22.4 Å². The number of aromatic nitrogens is 4. The van der Waals surface area contributed by atoms with Crippen molar-refractivity contribution in [2.45, 2.75) is 33.7 Å². The lowest BCUT2D eigenvalue weighted by atomic mass is 10.1. The summed E-state index contributed by atoms with van der Waals surface area (Å²) < 4.78 is 2.84. The van der Waals surface area contributed by atoms with Gasteiger partial charge in [-0.3, -0.25) is 9.59 Å². The molecule has 0 aliphatic rings. The number of amides is 1. The van der Waals surface area contributed by atoms with E-state index < -0.39 is 0 Å². The fourth-order valence-corrected chi connectivity index (χ4v) is 3.56. The van der Waals surface area contributed by atoms with Crippen LogP contribution in [-0.2, 0) is 17.8 Å². The molecule has 7 nitrogen and oxygen atoms in total. The Hall–Kier alpha value is -3.74. The Labute approximate surface area is 180 Å². The maximum atomic E-state index is 13.2.